The molecule has 0 saturated carbocycles. The minimum atomic E-state index is -0.267. The molecule has 0 saturated heterocycles. The first-order valence-corrected chi connectivity index (χ1v) is 5.17. The largest absolute Gasteiger partial charge is 0.380 e. The second-order valence-corrected chi connectivity index (χ2v) is 3.68. The van der Waals surface area contributed by atoms with Gasteiger partial charge in [-0.25, -0.2) is 0 Å². The van der Waals surface area contributed by atoms with Gasteiger partial charge >= 0.3 is 0 Å². The molecule has 0 heterocycles. The van der Waals surface area contributed by atoms with Crippen molar-refractivity contribution in [1.29, 1.82) is 0 Å². The molecule has 0 fully saturated rings. The molecule has 0 spiro atoms. The summed E-state index contributed by atoms with van der Waals surface area (Å²) >= 11 is 0. The van der Waals surface area contributed by atoms with Crippen molar-refractivity contribution in [3.05, 3.63) is 0 Å². The number of carbonyl (C=O) groups is 1. The van der Waals surface area contributed by atoms with Crippen molar-refractivity contribution in [3.8, 4) is 0 Å². The van der Waals surface area contributed by atoms with Gasteiger partial charge in [0.1, 0.15) is 0 Å². The zero-order valence-corrected chi connectivity index (χ0v) is 9.38. The topological polar surface area (TPSA) is 64.3 Å². The van der Waals surface area contributed by atoms with Gasteiger partial charge in [0.25, 0.3) is 0 Å². The van der Waals surface area contributed by atoms with Crippen LogP contribution in [0.15, 0.2) is 0 Å². The van der Waals surface area contributed by atoms with Crippen LogP contribution < -0.4 is 11.1 Å². The van der Waals surface area contributed by atoms with Gasteiger partial charge in [0.05, 0.1) is 6.61 Å². The molecule has 1 amide bonds. The minimum Gasteiger partial charge on any atom is -0.380 e. The Morgan fingerprint density at radius 2 is 2.14 bits per heavy atom. The lowest BCUT2D eigenvalue weighted by atomic mass is 10.1. The Bertz CT molecular complexity index is 160. The first-order valence-electron chi connectivity index (χ1n) is 5.17. The highest BCUT2D eigenvalue weighted by molar-refractivity contribution is 5.73. The average Bonchev–Trinajstić information content (AvgIpc) is 2.09. The lowest BCUT2D eigenvalue weighted by molar-refractivity contribution is -0.118. The predicted molar refractivity (Wildman–Crippen MR) is 56.9 cm³/mol. The number of hydrogen-bond donors (Lipinski definition) is 2. The van der Waals surface area contributed by atoms with Crippen LogP contribution in [0.3, 0.4) is 0 Å². The zero-order valence-electron chi connectivity index (χ0n) is 9.38. The molecule has 0 aromatic heterocycles. The van der Waals surface area contributed by atoms with E-state index in [1.54, 1.807) is 0 Å². The van der Waals surface area contributed by atoms with E-state index in [1.165, 1.54) is 0 Å². The summed E-state index contributed by atoms with van der Waals surface area (Å²) in [7, 11) is 0. The van der Waals surface area contributed by atoms with Gasteiger partial charge in [-0.15, -0.1) is 0 Å². The van der Waals surface area contributed by atoms with Gasteiger partial charge in [-0.1, -0.05) is 13.8 Å². The van der Waals surface area contributed by atoms with E-state index in [2.05, 4.69) is 19.2 Å². The molecule has 4 heteroatoms. The van der Waals surface area contributed by atoms with Crippen LogP contribution in [0.4, 0.5) is 0 Å². The summed E-state index contributed by atoms with van der Waals surface area (Å²) in [5.41, 5.74) is 5.04. The molecule has 0 radical (unpaired) electrons. The summed E-state index contributed by atoms with van der Waals surface area (Å²) in [6.07, 6.45) is 0.384. The Kier molecular flexibility index (Phi) is 7.42. The second-order valence-electron chi connectivity index (χ2n) is 3.68. The van der Waals surface area contributed by atoms with Crippen molar-refractivity contribution in [2.24, 2.45) is 11.7 Å². The molecule has 0 rings (SSSR count). The number of carbonyl (C=O) groups excluding carboxylic acids is 1. The number of nitrogens with two attached hydrogens (primary N) is 1. The van der Waals surface area contributed by atoms with Gasteiger partial charge in [0.2, 0.25) is 5.91 Å². The number of hydrogen-bond acceptors (Lipinski definition) is 3. The molecule has 84 valence electrons. The van der Waals surface area contributed by atoms with Crippen molar-refractivity contribution >= 4 is 5.91 Å². The maximum atomic E-state index is 10.5. The maximum absolute atomic E-state index is 10.5. The van der Waals surface area contributed by atoms with Crippen LogP contribution in [0, 0.1) is 5.92 Å². The third-order valence-electron chi connectivity index (χ3n) is 2.08. The van der Waals surface area contributed by atoms with E-state index >= 15 is 0 Å². The highest BCUT2D eigenvalue weighted by Crippen LogP contribution is 2.01. The van der Waals surface area contributed by atoms with Crippen LogP contribution in [-0.4, -0.2) is 31.7 Å². The van der Waals surface area contributed by atoms with Gasteiger partial charge in [0.15, 0.2) is 0 Å². The van der Waals surface area contributed by atoms with Crippen molar-refractivity contribution < 1.29 is 9.53 Å². The van der Waals surface area contributed by atoms with Crippen LogP contribution in [0.25, 0.3) is 0 Å². The quantitative estimate of drug-likeness (QED) is 0.603. The fraction of sp³-hybridized carbons (Fsp3) is 0.900. The van der Waals surface area contributed by atoms with Crippen LogP contribution >= 0.6 is 0 Å². The van der Waals surface area contributed by atoms with Crippen LogP contribution in [0.2, 0.25) is 0 Å². The van der Waals surface area contributed by atoms with E-state index in [-0.39, 0.29) is 5.91 Å². The summed E-state index contributed by atoms with van der Waals surface area (Å²) in [5, 5.41) is 3.26. The molecule has 0 aromatic carbocycles. The summed E-state index contributed by atoms with van der Waals surface area (Å²) in [6, 6.07) is 0.300. The van der Waals surface area contributed by atoms with Gasteiger partial charge < -0.3 is 15.8 Å². The number of amides is 1. The van der Waals surface area contributed by atoms with Gasteiger partial charge in [-0.05, 0) is 12.8 Å². The number of ether oxygens (including phenoxy) is 1. The van der Waals surface area contributed by atoms with E-state index in [0.29, 0.717) is 31.5 Å². The fourth-order valence-corrected chi connectivity index (χ4v) is 1.11. The first-order chi connectivity index (χ1) is 6.57. The SMILES string of the molecule is CCOCC(NCCC(N)=O)C(C)C. The van der Waals surface area contributed by atoms with E-state index in [9.17, 15) is 4.79 Å². The molecule has 0 aliphatic rings. The summed E-state index contributed by atoms with van der Waals surface area (Å²) < 4.78 is 5.34. The molecule has 1 unspecified atom stereocenters. The Balaban J connectivity index is 3.67. The van der Waals surface area contributed by atoms with E-state index in [4.69, 9.17) is 10.5 Å². The molecule has 4 nitrogen and oxygen atoms in total. The van der Waals surface area contributed by atoms with Crippen LogP contribution in [0.5, 0.6) is 0 Å². The molecule has 0 aliphatic heterocycles. The van der Waals surface area contributed by atoms with Crippen molar-refractivity contribution in [3.63, 3.8) is 0 Å². The lowest BCUT2D eigenvalue weighted by Crippen LogP contribution is -2.39. The molecule has 0 bridgehead atoms. The second kappa shape index (κ2) is 7.76. The smallest absolute Gasteiger partial charge is 0.218 e. The lowest BCUT2D eigenvalue weighted by Gasteiger charge is -2.21. The maximum Gasteiger partial charge on any atom is 0.218 e. The summed E-state index contributed by atoms with van der Waals surface area (Å²) in [6.45, 7) is 8.27. The van der Waals surface area contributed by atoms with E-state index < -0.39 is 0 Å². The molecule has 14 heavy (non-hydrogen) atoms. The normalized spacial score (nSPS) is 13.1. The molecule has 1 atom stereocenters. The Labute approximate surface area is 86.2 Å². The summed E-state index contributed by atoms with van der Waals surface area (Å²) in [4.78, 5) is 10.5. The van der Waals surface area contributed by atoms with Gasteiger partial charge in [-0.2, -0.15) is 0 Å². The highest BCUT2D eigenvalue weighted by atomic mass is 16.5. The monoisotopic (exact) mass is 202 g/mol. The third-order valence-corrected chi connectivity index (χ3v) is 2.08. The number of nitrogens with one attached hydrogen (secondary N) is 1. The fourth-order valence-electron chi connectivity index (χ4n) is 1.11. The van der Waals surface area contributed by atoms with Crippen LogP contribution in [0.1, 0.15) is 27.2 Å². The van der Waals surface area contributed by atoms with Gasteiger partial charge in [-0.3, -0.25) is 4.79 Å². The Morgan fingerprint density at radius 3 is 2.57 bits per heavy atom. The van der Waals surface area contributed by atoms with E-state index in [0.717, 1.165) is 6.61 Å². The highest BCUT2D eigenvalue weighted by Gasteiger charge is 2.12. The minimum absolute atomic E-state index is 0.267. The molecular formula is C10H22N2O2. The molecule has 0 aromatic rings. The van der Waals surface area contributed by atoms with Crippen molar-refractivity contribution in [1.82, 2.24) is 5.32 Å². The third kappa shape index (κ3) is 6.86. The number of primary amides is 1. The summed E-state index contributed by atoms with van der Waals surface area (Å²) in [5.74, 6) is 0.228. The average molecular weight is 202 g/mol. The van der Waals surface area contributed by atoms with Crippen molar-refractivity contribution in [2.75, 3.05) is 19.8 Å². The zero-order chi connectivity index (χ0) is 11.0. The van der Waals surface area contributed by atoms with Crippen molar-refractivity contribution in [2.45, 2.75) is 33.2 Å². The standard InChI is InChI=1S/C10H22N2O2/c1-4-14-7-9(8(2)3)12-6-5-10(11)13/h8-9,12H,4-7H2,1-3H3,(H2,11,13). The van der Waals surface area contributed by atoms with Gasteiger partial charge in [0, 0.05) is 25.6 Å². The first kappa shape index (κ1) is 13.4. The Morgan fingerprint density at radius 1 is 1.50 bits per heavy atom. The van der Waals surface area contributed by atoms with E-state index in [1.807, 2.05) is 6.92 Å². The van der Waals surface area contributed by atoms with Crippen LogP contribution in [-0.2, 0) is 9.53 Å². The molecule has 0 aliphatic carbocycles. The number of rotatable bonds is 8. The predicted octanol–water partition coefficient (Wildman–Crippen LogP) is 0.513. The molecular weight excluding hydrogens is 180 g/mol. The Hall–Kier alpha value is -0.610. The molecule has 3 N–H and O–H groups in total.